The minimum absolute atomic E-state index is 0.141. The van der Waals surface area contributed by atoms with Crippen LogP contribution in [0.1, 0.15) is 11.1 Å². The number of fused-ring (bicyclic) bond motifs is 1. The standard InChI is InChI=1S/C20H16N2O5/c1-26-14-7-10(8-15(27-2)18(14)23)16-17(20(25)22-19(16)24)12-9-21-13-6-4-3-5-11(12)13/h3-9,21,23H,1-2H3,(H,22,24,25). The summed E-state index contributed by atoms with van der Waals surface area (Å²) in [4.78, 5) is 28.2. The van der Waals surface area contributed by atoms with Gasteiger partial charge >= 0.3 is 0 Å². The van der Waals surface area contributed by atoms with E-state index in [4.69, 9.17) is 9.47 Å². The second-order valence-corrected chi connectivity index (χ2v) is 6.01. The number of nitrogens with one attached hydrogen (secondary N) is 2. The Morgan fingerprint density at radius 2 is 1.56 bits per heavy atom. The van der Waals surface area contributed by atoms with Crippen molar-refractivity contribution in [3.8, 4) is 17.2 Å². The van der Waals surface area contributed by atoms with Crippen LogP contribution in [0.15, 0.2) is 42.6 Å². The first-order valence-electron chi connectivity index (χ1n) is 8.17. The molecular weight excluding hydrogens is 348 g/mol. The van der Waals surface area contributed by atoms with Crippen LogP contribution in [-0.2, 0) is 9.59 Å². The van der Waals surface area contributed by atoms with Crippen LogP contribution in [0.2, 0.25) is 0 Å². The van der Waals surface area contributed by atoms with Crippen LogP contribution in [0.25, 0.3) is 22.0 Å². The summed E-state index contributed by atoms with van der Waals surface area (Å²) in [7, 11) is 2.79. The van der Waals surface area contributed by atoms with Crippen molar-refractivity contribution in [1.82, 2.24) is 10.3 Å². The van der Waals surface area contributed by atoms with E-state index in [9.17, 15) is 14.7 Å². The fourth-order valence-electron chi connectivity index (χ4n) is 3.30. The summed E-state index contributed by atoms with van der Waals surface area (Å²) < 4.78 is 10.3. The predicted molar refractivity (Wildman–Crippen MR) is 99.5 cm³/mol. The summed E-state index contributed by atoms with van der Waals surface area (Å²) >= 11 is 0. The molecule has 27 heavy (non-hydrogen) atoms. The van der Waals surface area contributed by atoms with E-state index in [2.05, 4.69) is 10.3 Å². The highest BCUT2D eigenvalue weighted by molar-refractivity contribution is 6.50. The molecule has 0 saturated heterocycles. The molecule has 3 N–H and O–H groups in total. The Hall–Kier alpha value is -3.74. The highest BCUT2D eigenvalue weighted by Gasteiger charge is 2.34. The van der Waals surface area contributed by atoms with Gasteiger partial charge in [0.2, 0.25) is 5.75 Å². The molecule has 0 unspecified atom stereocenters. The van der Waals surface area contributed by atoms with Crippen molar-refractivity contribution >= 4 is 33.9 Å². The van der Waals surface area contributed by atoms with Gasteiger partial charge in [-0.05, 0) is 23.8 Å². The minimum atomic E-state index is -0.518. The molecule has 0 spiro atoms. The van der Waals surface area contributed by atoms with Gasteiger partial charge in [0.05, 0.1) is 25.4 Å². The Bertz CT molecular complexity index is 1100. The van der Waals surface area contributed by atoms with E-state index in [1.54, 1.807) is 6.20 Å². The molecule has 0 radical (unpaired) electrons. The summed E-state index contributed by atoms with van der Waals surface area (Å²) in [6.07, 6.45) is 1.70. The number of aromatic hydroxyl groups is 1. The third-order valence-corrected chi connectivity index (χ3v) is 4.56. The third kappa shape index (κ3) is 2.52. The quantitative estimate of drug-likeness (QED) is 0.618. The lowest BCUT2D eigenvalue weighted by Crippen LogP contribution is -2.22. The SMILES string of the molecule is COc1cc(C2=C(c3c[nH]c4ccccc34)C(=O)NC2=O)cc(OC)c1O. The summed E-state index contributed by atoms with van der Waals surface area (Å²) in [5.41, 5.74) is 2.33. The second kappa shape index (κ2) is 6.21. The zero-order valence-electron chi connectivity index (χ0n) is 14.6. The summed E-state index contributed by atoms with van der Waals surface area (Å²) in [6, 6.07) is 10.5. The molecule has 7 heteroatoms. The number of ether oxygens (including phenoxy) is 2. The molecule has 0 aliphatic carbocycles. The average molecular weight is 364 g/mol. The van der Waals surface area contributed by atoms with Gasteiger partial charge in [-0.25, -0.2) is 0 Å². The molecular formula is C20H16N2O5. The number of carbonyl (C=O) groups is 2. The van der Waals surface area contributed by atoms with E-state index >= 15 is 0 Å². The molecule has 2 aromatic carbocycles. The van der Waals surface area contributed by atoms with Gasteiger partial charge in [-0.3, -0.25) is 14.9 Å². The van der Waals surface area contributed by atoms with Gasteiger partial charge in [-0.2, -0.15) is 0 Å². The van der Waals surface area contributed by atoms with Crippen molar-refractivity contribution < 1.29 is 24.2 Å². The average Bonchev–Trinajstić information content (AvgIpc) is 3.22. The van der Waals surface area contributed by atoms with E-state index in [1.807, 2.05) is 24.3 Å². The minimum Gasteiger partial charge on any atom is -0.502 e. The van der Waals surface area contributed by atoms with Crippen LogP contribution in [0.5, 0.6) is 17.2 Å². The fraction of sp³-hybridized carbons (Fsp3) is 0.100. The topological polar surface area (TPSA) is 101 Å². The van der Waals surface area contributed by atoms with Crippen molar-refractivity contribution in [2.24, 2.45) is 0 Å². The number of methoxy groups -OCH3 is 2. The summed E-state index contributed by atoms with van der Waals surface area (Å²) in [5, 5.41) is 13.3. The van der Waals surface area contributed by atoms with Crippen LogP contribution in [0.4, 0.5) is 0 Å². The van der Waals surface area contributed by atoms with Gasteiger partial charge in [0, 0.05) is 22.7 Å². The first-order valence-corrected chi connectivity index (χ1v) is 8.17. The molecule has 2 amide bonds. The van der Waals surface area contributed by atoms with E-state index < -0.39 is 11.8 Å². The van der Waals surface area contributed by atoms with Crippen molar-refractivity contribution in [1.29, 1.82) is 0 Å². The number of imide groups is 1. The molecule has 0 atom stereocenters. The van der Waals surface area contributed by atoms with Gasteiger partial charge < -0.3 is 19.6 Å². The van der Waals surface area contributed by atoms with Crippen LogP contribution >= 0.6 is 0 Å². The molecule has 0 fully saturated rings. The van der Waals surface area contributed by atoms with Crippen molar-refractivity contribution in [2.75, 3.05) is 14.2 Å². The highest BCUT2D eigenvalue weighted by atomic mass is 16.5. The second-order valence-electron chi connectivity index (χ2n) is 6.01. The van der Waals surface area contributed by atoms with Crippen LogP contribution in [0, 0.1) is 0 Å². The molecule has 4 rings (SSSR count). The molecule has 2 heterocycles. The Kier molecular flexibility index (Phi) is 3.84. The lowest BCUT2D eigenvalue weighted by Gasteiger charge is -2.12. The van der Waals surface area contributed by atoms with Gasteiger partial charge in [-0.15, -0.1) is 0 Å². The molecule has 3 aromatic rings. The molecule has 0 saturated carbocycles. The van der Waals surface area contributed by atoms with Crippen LogP contribution < -0.4 is 14.8 Å². The number of para-hydroxylation sites is 1. The third-order valence-electron chi connectivity index (χ3n) is 4.56. The van der Waals surface area contributed by atoms with Crippen molar-refractivity contribution in [2.45, 2.75) is 0 Å². The van der Waals surface area contributed by atoms with E-state index in [0.717, 1.165) is 10.9 Å². The number of phenolic OH excluding ortho intramolecular Hbond substituents is 1. The van der Waals surface area contributed by atoms with Crippen molar-refractivity contribution in [3.63, 3.8) is 0 Å². The first kappa shape index (κ1) is 16.7. The number of phenols is 1. The molecule has 1 aliphatic heterocycles. The van der Waals surface area contributed by atoms with Crippen LogP contribution in [-0.4, -0.2) is 36.1 Å². The monoisotopic (exact) mass is 364 g/mol. The van der Waals surface area contributed by atoms with Gasteiger partial charge in [0.25, 0.3) is 11.8 Å². The molecule has 1 aliphatic rings. The molecule has 7 nitrogen and oxygen atoms in total. The Morgan fingerprint density at radius 1 is 0.926 bits per heavy atom. The Labute approximate surface area is 154 Å². The number of aromatic amines is 1. The maximum atomic E-state index is 12.6. The largest absolute Gasteiger partial charge is 0.502 e. The van der Waals surface area contributed by atoms with Gasteiger partial charge in [-0.1, -0.05) is 18.2 Å². The molecule has 0 bridgehead atoms. The van der Waals surface area contributed by atoms with Gasteiger partial charge in [0.1, 0.15) is 0 Å². The summed E-state index contributed by atoms with van der Waals surface area (Å²) in [6.45, 7) is 0. The predicted octanol–water partition coefficient (Wildman–Crippen LogP) is 2.46. The molecule has 1 aromatic heterocycles. The lowest BCUT2D eigenvalue weighted by atomic mass is 9.95. The van der Waals surface area contributed by atoms with Crippen LogP contribution in [0.3, 0.4) is 0 Å². The van der Waals surface area contributed by atoms with E-state index in [0.29, 0.717) is 11.1 Å². The number of carbonyl (C=O) groups excluding carboxylic acids is 2. The maximum absolute atomic E-state index is 12.6. The number of H-pyrrole nitrogens is 1. The normalized spacial score (nSPS) is 14.0. The highest BCUT2D eigenvalue weighted by Crippen LogP contribution is 2.42. The number of rotatable bonds is 4. The summed E-state index contributed by atoms with van der Waals surface area (Å²) in [5.74, 6) is -0.895. The number of aromatic nitrogens is 1. The zero-order chi connectivity index (χ0) is 19.1. The molecule has 136 valence electrons. The van der Waals surface area contributed by atoms with Crippen molar-refractivity contribution in [3.05, 3.63) is 53.7 Å². The number of hydrogen-bond acceptors (Lipinski definition) is 5. The number of amides is 2. The number of hydrogen-bond donors (Lipinski definition) is 3. The first-order chi connectivity index (χ1) is 13.0. The maximum Gasteiger partial charge on any atom is 0.259 e. The lowest BCUT2D eigenvalue weighted by molar-refractivity contribution is -0.122. The van der Waals surface area contributed by atoms with E-state index in [1.165, 1.54) is 26.4 Å². The Morgan fingerprint density at radius 3 is 2.22 bits per heavy atom. The van der Waals surface area contributed by atoms with Gasteiger partial charge in [0.15, 0.2) is 11.5 Å². The zero-order valence-corrected chi connectivity index (χ0v) is 14.6. The smallest absolute Gasteiger partial charge is 0.259 e. The van der Waals surface area contributed by atoms with E-state index in [-0.39, 0.29) is 28.4 Å². The Balaban J connectivity index is 2.01. The fourth-order valence-corrected chi connectivity index (χ4v) is 3.30. The number of benzene rings is 2.